The highest BCUT2D eigenvalue weighted by Crippen LogP contribution is 2.26. The molecule has 0 unspecified atom stereocenters. The van der Waals surface area contributed by atoms with Crippen molar-refractivity contribution in [3.63, 3.8) is 0 Å². The van der Waals surface area contributed by atoms with Gasteiger partial charge < -0.3 is 24.1 Å². The molecule has 25 heavy (non-hydrogen) atoms. The summed E-state index contributed by atoms with van der Waals surface area (Å²) in [5.41, 5.74) is 0.574. The number of nitrogens with zero attached hydrogens (tertiary/aromatic N) is 4. The first kappa shape index (κ1) is 17.2. The van der Waals surface area contributed by atoms with Crippen molar-refractivity contribution in [2.24, 2.45) is 0 Å². The van der Waals surface area contributed by atoms with Crippen LogP contribution in [0.25, 0.3) is 0 Å². The summed E-state index contributed by atoms with van der Waals surface area (Å²) in [6, 6.07) is 2.71. The summed E-state index contributed by atoms with van der Waals surface area (Å²) >= 11 is 0. The Balaban J connectivity index is 1.73. The zero-order chi connectivity index (χ0) is 17.8. The van der Waals surface area contributed by atoms with Crippen molar-refractivity contribution in [2.45, 2.75) is 25.8 Å². The summed E-state index contributed by atoms with van der Waals surface area (Å²) in [6.07, 6.45) is 1.54. The van der Waals surface area contributed by atoms with E-state index in [1.807, 2.05) is 13.8 Å². The topological polar surface area (TPSA) is 103 Å². The highest BCUT2D eigenvalue weighted by Gasteiger charge is 2.33. The third-order valence-corrected chi connectivity index (χ3v) is 3.82. The quantitative estimate of drug-likeness (QED) is 0.904. The first-order chi connectivity index (χ1) is 12.1. The van der Waals surface area contributed by atoms with Crippen molar-refractivity contribution in [3.8, 4) is 5.88 Å². The van der Waals surface area contributed by atoms with Crippen LogP contribution in [0.15, 0.2) is 22.7 Å². The fourth-order valence-corrected chi connectivity index (χ4v) is 2.44. The lowest BCUT2D eigenvalue weighted by molar-refractivity contribution is 0.00494. The third kappa shape index (κ3) is 3.87. The van der Waals surface area contributed by atoms with Gasteiger partial charge in [-0.25, -0.2) is 9.78 Å². The largest absolute Gasteiger partial charge is 0.481 e. The Morgan fingerprint density at radius 2 is 2.24 bits per heavy atom. The van der Waals surface area contributed by atoms with Gasteiger partial charge in [-0.05, 0) is 6.07 Å². The number of urea groups is 1. The second-order valence-corrected chi connectivity index (χ2v) is 5.94. The van der Waals surface area contributed by atoms with Crippen LogP contribution < -0.4 is 10.1 Å². The number of amides is 2. The number of anilines is 1. The smallest absolute Gasteiger partial charge is 0.322 e. The van der Waals surface area contributed by atoms with E-state index in [1.165, 1.54) is 13.3 Å². The van der Waals surface area contributed by atoms with Gasteiger partial charge in [-0.1, -0.05) is 13.8 Å². The number of hydrogen-bond donors (Lipinski definition) is 1. The molecule has 1 aliphatic heterocycles. The van der Waals surface area contributed by atoms with Gasteiger partial charge in [0.1, 0.15) is 6.04 Å². The van der Waals surface area contributed by atoms with Crippen molar-refractivity contribution in [1.82, 2.24) is 20.1 Å². The highest BCUT2D eigenvalue weighted by molar-refractivity contribution is 5.89. The lowest BCUT2D eigenvalue weighted by atomic mass is 10.2. The van der Waals surface area contributed by atoms with E-state index in [2.05, 4.69) is 20.5 Å². The summed E-state index contributed by atoms with van der Waals surface area (Å²) in [7, 11) is 1.54. The summed E-state index contributed by atoms with van der Waals surface area (Å²) in [5.74, 6) is 1.53. The molecule has 2 amide bonds. The average molecular weight is 347 g/mol. The minimum atomic E-state index is -0.417. The van der Waals surface area contributed by atoms with Gasteiger partial charge >= 0.3 is 6.03 Å². The first-order valence-electron chi connectivity index (χ1n) is 8.07. The van der Waals surface area contributed by atoms with E-state index < -0.39 is 6.04 Å². The average Bonchev–Trinajstić information content (AvgIpc) is 3.12. The summed E-state index contributed by atoms with van der Waals surface area (Å²) in [6.45, 7) is 5.13. The maximum Gasteiger partial charge on any atom is 0.322 e. The molecular formula is C16H21N5O4. The second kappa shape index (κ2) is 7.47. The number of carbonyl (C=O) groups is 1. The number of methoxy groups -OCH3 is 1. The molecule has 0 saturated carbocycles. The Labute approximate surface area is 145 Å². The van der Waals surface area contributed by atoms with Crippen LogP contribution in [-0.4, -0.2) is 53.0 Å². The highest BCUT2D eigenvalue weighted by atomic mass is 16.5. The molecule has 1 fully saturated rings. The second-order valence-electron chi connectivity index (χ2n) is 5.94. The fourth-order valence-electron chi connectivity index (χ4n) is 2.44. The fraction of sp³-hybridized carbons (Fsp3) is 0.500. The molecule has 0 radical (unpaired) electrons. The maximum absolute atomic E-state index is 12.7. The predicted molar refractivity (Wildman–Crippen MR) is 88.5 cm³/mol. The minimum absolute atomic E-state index is 0.124. The molecule has 0 aromatic carbocycles. The van der Waals surface area contributed by atoms with E-state index in [0.717, 1.165) is 0 Å². The van der Waals surface area contributed by atoms with E-state index >= 15 is 0 Å². The van der Waals surface area contributed by atoms with Crippen LogP contribution in [0.5, 0.6) is 5.88 Å². The van der Waals surface area contributed by atoms with Gasteiger partial charge in [0.05, 0.1) is 32.2 Å². The molecule has 1 N–H and O–H groups in total. The van der Waals surface area contributed by atoms with Gasteiger partial charge in [-0.15, -0.1) is 10.2 Å². The van der Waals surface area contributed by atoms with Gasteiger partial charge in [0.2, 0.25) is 17.7 Å². The lowest BCUT2D eigenvalue weighted by Crippen LogP contribution is -2.45. The number of rotatable bonds is 4. The van der Waals surface area contributed by atoms with Crippen molar-refractivity contribution in [3.05, 3.63) is 30.1 Å². The Kier molecular flexibility index (Phi) is 5.13. The Bertz CT molecular complexity index is 716. The predicted octanol–water partition coefficient (Wildman–Crippen LogP) is 2.20. The molecular weight excluding hydrogens is 326 g/mol. The Morgan fingerprint density at radius 3 is 2.88 bits per heavy atom. The van der Waals surface area contributed by atoms with Crippen LogP contribution in [-0.2, 0) is 4.74 Å². The van der Waals surface area contributed by atoms with Crippen LogP contribution >= 0.6 is 0 Å². The number of ether oxygens (including phenoxy) is 2. The van der Waals surface area contributed by atoms with E-state index in [0.29, 0.717) is 43.1 Å². The van der Waals surface area contributed by atoms with Crippen LogP contribution in [0.2, 0.25) is 0 Å². The lowest BCUT2D eigenvalue weighted by Gasteiger charge is -2.33. The standard InChI is InChI=1S/C16H21N5O4/c1-10(2)14-19-20-15(25-14)12-9-24-7-6-21(12)16(22)18-11-4-5-13(23-3)17-8-11/h4-5,8,10,12H,6-7,9H2,1-3H3,(H,18,22)/t12-/m0/s1. The van der Waals surface area contributed by atoms with Crippen LogP contribution in [0, 0.1) is 0 Å². The zero-order valence-electron chi connectivity index (χ0n) is 14.4. The molecule has 0 aliphatic carbocycles. The van der Waals surface area contributed by atoms with Crippen molar-refractivity contribution >= 4 is 11.7 Å². The van der Waals surface area contributed by atoms with Gasteiger partial charge in [0.15, 0.2) is 0 Å². The number of carbonyl (C=O) groups excluding carboxylic acids is 1. The van der Waals surface area contributed by atoms with E-state index in [-0.39, 0.29) is 11.9 Å². The molecule has 1 aliphatic rings. The molecule has 3 heterocycles. The van der Waals surface area contributed by atoms with Crippen LogP contribution in [0.3, 0.4) is 0 Å². The molecule has 1 saturated heterocycles. The molecule has 3 rings (SSSR count). The molecule has 9 nitrogen and oxygen atoms in total. The molecule has 134 valence electrons. The monoisotopic (exact) mass is 347 g/mol. The van der Waals surface area contributed by atoms with Crippen molar-refractivity contribution in [1.29, 1.82) is 0 Å². The third-order valence-electron chi connectivity index (χ3n) is 3.82. The summed E-state index contributed by atoms with van der Waals surface area (Å²) < 4.78 is 16.2. The van der Waals surface area contributed by atoms with Crippen LogP contribution in [0.4, 0.5) is 10.5 Å². The van der Waals surface area contributed by atoms with Crippen LogP contribution in [0.1, 0.15) is 37.6 Å². The molecule has 1 atom stereocenters. The van der Waals surface area contributed by atoms with Gasteiger partial charge in [0.25, 0.3) is 0 Å². The number of nitrogens with one attached hydrogen (secondary N) is 1. The van der Waals surface area contributed by atoms with Gasteiger partial charge in [-0.3, -0.25) is 0 Å². The summed E-state index contributed by atoms with van der Waals surface area (Å²) in [4.78, 5) is 18.4. The molecule has 0 spiro atoms. The van der Waals surface area contributed by atoms with Crippen molar-refractivity contribution < 1.29 is 18.7 Å². The Morgan fingerprint density at radius 1 is 1.40 bits per heavy atom. The molecule has 9 heteroatoms. The number of hydrogen-bond acceptors (Lipinski definition) is 7. The molecule has 2 aromatic rings. The van der Waals surface area contributed by atoms with Gasteiger partial charge in [-0.2, -0.15) is 0 Å². The minimum Gasteiger partial charge on any atom is -0.481 e. The molecule has 2 aromatic heterocycles. The SMILES string of the molecule is COc1ccc(NC(=O)N2CCOC[C@H]2c2nnc(C(C)C)o2)cn1. The number of pyridine rings is 1. The summed E-state index contributed by atoms with van der Waals surface area (Å²) in [5, 5.41) is 10.9. The normalized spacial score (nSPS) is 17.6. The Hall–Kier alpha value is -2.68. The van der Waals surface area contributed by atoms with Crippen molar-refractivity contribution in [2.75, 3.05) is 32.2 Å². The van der Waals surface area contributed by atoms with E-state index in [1.54, 1.807) is 17.0 Å². The number of aromatic nitrogens is 3. The number of morpholine rings is 1. The first-order valence-corrected chi connectivity index (χ1v) is 8.07. The zero-order valence-corrected chi connectivity index (χ0v) is 14.4. The van der Waals surface area contributed by atoms with E-state index in [9.17, 15) is 4.79 Å². The van der Waals surface area contributed by atoms with E-state index in [4.69, 9.17) is 13.9 Å². The van der Waals surface area contributed by atoms with Gasteiger partial charge in [0, 0.05) is 18.5 Å². The molecule has 0 bridgehead atoms. The maximum atomic E-state index is 12.7.